The summed E-state index contributed by atoms with van der Waals surface area (Å²) in [6.45, 7) is 6.80. The Morgan fingerprint density at radius 1 is 1.30 bits per heavy atom. The molecule has 1 aliphatic rings. The summed E-state index contributed by atoms with van der Waals surface area (Å²) in [5.41, 5.74) is 0. The predicted molar refractivity (Wildman–Crippen MR) is 45.1 cm³/mol. The molecule has 0 amide bonds. The maximum absolute atomic E-state index is 3.57. The summed E-state index contributed by atoms with van der Waals surface area (Å²) < 4.78 is 0. The molecule has 0 aromatic rings. The smallest absolute Gasteiger partial charge is 0.00720 e. The van der Waals surface area contributed by atoms with E-state index in [4.69, 9.17) is 0 Å². The summed E-state index contributed by atoms with van der Waals surface area (Å²) in [7, 11) is 0. The van der Waals surface area contributed by atoms with Crippen LogP contribution < -0.4 is 5.32 Å². The van der Waals surface area contributed by atoms with E-state index in [1.165, 1.54) is 19.3 Å². The fourth-order valence-corrected chi connectivity index (χ4v) is 1.83. The number of nitrogens with one attached hydrogen (secondary N) is 1. The molecule has 0 aromatic heterocycles. The molecule has 0 bridgehead atoms. The van der Waals surface area contributed by atoms with E-state index in [1.807, 2.05) is 0 Å². The summed E-state index contributed by atoms with van der Waals surface area (Å²) in [6.07, 6.45) is 4.20. The van der Waals surface area contributed by atoms with Crippen molar-refractivity contribution in [2.45, 2.75) is 52.1 Å². The minimum absolute atomic E-state index is 0.662. The van der Waals surface area contributed by atoms with Gasteiger partial charge in [0.1, 0.15) is 0 Å². The zero-order chi connectivity index (χ0) is 7.56. The second-order valence-corrected chi connectivity index (χ2v) is 3.94. The van der Waals surface area contributed by atoms with Crippen molar-refractivity contribution >= 4 is 0 Å². The lowest BCUT2D eigenvalue weighted by molar-refractivity contribution is 0.458. The molecule has 60 valence electrons. The van der Waals surface area contributed by atoms with E-state index >= 15 is 0 Å². The highest BCUT2D eigenvalue weighted by Crippen LogP contribution is 2.24. The summed E-state index contributed by atoms with van der Waals surface area (Å²) >= 11 is 0. The Hall–Kier alpha value is -0.0400. The third-order valence-corrected chi connectivity index (χ3v) is 2.26. The zero-order valence-corrected chi connectivity index (χ0v) is 7.35. The topological polar surface area (TPSA) is 12.0 Å². The van der Waals surface area contributed by atoms with Gasteiger partial charge in [0, 0.05) is 12.1 Å². The van der Waals surface area contributed by atoms with Crippen molar-refractivity contribution in [1.82, 2.24) is 5.32 Å². The van der Waals surface area contributed by atoms with Crippen LogP contribution in [-0.4, -0.2) is 12.1 Å². The lowest BCUT2D eigenvalue weighted by Crippen LogP contribution is -2.32. The van der Waals surface area contributed by atoms with Crippen LogP contribution in [0.2, 0.25) is 0 Å². The molecular weight excluding hydrogens is 122 g/mol. The Morgan fingerprint density at radius 3 is 2.40 bits per heavy atom. The zero-order valence-electron chi connectivity index (χ0n) is 7.35. The summed E-state index contributed by atoms with van der Waals surface area (Å²) in [5, 5.41) is 3.57. The highest BCUT2D eigenvalue weighted by Gasteiger charge is 2.20. The van der Waals surface area contributed by atoms with Gasteiger partial charge in [-0.3, -0.25) is 0 Å². The molecule has 1 fully saturated rings. The third kappa shape index (κ3) is 2.30. The van der Waals surface area contributed by atoms with Crippen LogP contribution in [0, 0.1) is 5.92 Å². The lowest BCUT2D eigenvalue weighted by atomic mass is 10.1. The van der Waals surface area contributed by atoms with E-state index in [0.717, 1.165) is 12.0 Å². The first-order chi connectivity index (χ1) is 4.68. The molecule has 1 heteroatoms. The summed E-state index contributed by atoms with van der Waals surface area (Å²) in [4.78, 5) is 0. The standard InChI is InChI=1S/C9H19N/c1-7(2)10-9-5-4-8(3)6-9/h7-10H,4-6H2,1-3H3/t8-,9?/m0/s1. The van der Waals surface area contributed by atoms with Gasteiger partial charge in [0.05, 0.1) is 0 Å². The van der Waals surface area contributed by atoms with Crippen molar-refractivity contribution in [2.24, 2.45) is 5.92 Å². The van der Waals surface area contributed by atoms with Crippen LogP contribution in [0.3, 0.4) is 0 Å². The van der Waals surface area contributed by atoms with E-state index in [2.05, 4.69) is 26.1 Å². The fourth-order valence-electron chi connectivity index (χ4n) is 1.83. The molecule has 1 rings (SSSR count). The van der Waals surface area contributed by atoms with Gasteiger partial charge in [0.15, 0.2) is 0 Å². The number of hydrogen-bond acceptors (Lipinski definition) is 1. The van der Waals surface area contributed by atoms with Crippen molar-refractivity contribution in [3.63, 3.8) is 0 Å². The largest absolute Gasteiger partial charge is 0.312 e. The van der Waals surface area contributed by atoms with Gasteiger partial charge < -0.3 is 5.32 Å². The monoisotopic (exact) mass is 141 g/mol. The maximum atomic E-state index is 3.57. The van der Waals surface area contributed by atoms with E-state index in [-0.39, 0.29) is 0 Å². The Bertz CT molecular complexity index is 98.9. The highest BCUT2D eigenvalue weighted by molar-refractivity contribution is 4.79. The maximum Gasteiger partial charge on any atom is 0.00720 e. The molecule has 0 aliphatic heterocycles. The Kier molecular flexibility index (Phi) is 2.72. The molecule has 0 saturated heterocycles. The van der Waals surface area contributed by atoms with Gasteiger partial charge in [-0.1, -0.05) is 20.8 Å². The van der Waals surface area contributed by atoms with Crippen molar-refractivity contribution in [2.75, 3.05) is 0 Å². The van der Waals surface area contributed by atoms with E-state index in [9.17, 15) is 0 Å². The molecule has 0 radical (unpaired) electrons. The molecule has 0 aromatic carbocycles. The molecule has 0 heterocycles. The molecular formula is C9H19N. The van der Waals surface area contributed by atoms with Crippen molar-refractivity contribution in [1.29, 1.82) is 0 Å². The van der Waals surface area contributed by atoms with E-state index in [1.54, 1.807) is 0 Å². The normalized spacial score (nSPS) is 33.6. The average Bonchev–Trinajstić information content (AvgIpc) is 2.13. The molecule has 1 saturated carbocycles. The second kappa shape index (κ2) is 3.38. The van der Waals surface area contributed by atoms with Gasteiger partial charge in [0.25, 0.3) is 0 Å². The number of hydrogen-bond donors (Lipinski definition) is 1. The highest BCUT2D eigenvalue weighted by atomic mass is 14.9. The SMILES string of the molecule is CC(C)NC1CC[C@H](C)C1. The van der Waals surface area contributed by atoms with Crippen LogP contribution in [0.1, 0.15) is 40.0 Å². The molecule has 0 spiro atoms. The molecule has 1 unspecified atom stereocenters. The van der Waals surface area contributed by atoms with Gasteiger partial charge >= 0.3 is 0 Å². The predicted octanol–water partition coefficient (Wildman–Crippen LogP) is 2.17. The molecule has 10 heavy (non-hydrogen) atoms. The van der Waals surface area contributed by atoms with Crippen LogP contribution >= 0.6 is 0 Å². The molecule has 1 N–H and O–H groups in total. The first kappa shape index (κ1) is 8.06. The second-order valence-electron chi connectivity index (χ2n) is 3.94. The van der Waals surface area contributed by atoms with Gasteiger partial charge in [-0.15, -0.1) is 0 Å². The van der Waals surface area contributed by atoms with Crippen LogP contribution in [0.4, 0.5) is 0 Å². The van der Waals surface area contributed by atoms with Gasteiger partial charge in [-0.05, 0) is 25.2 Å². The molecule has 2 atom stereocenters. The van der Waals surface area contributed by atoms with Crippen LogP contribution in [0.5, 0.6) is 0 Å². The van der Waals surface area contributed by atoms with Crippen LogP contribution in [0.25, 0.3) is 0 Å². The van der Waals surface area contributed by atoms with Crippen molar-refractivity contribution in [3.8, 4) is 0 Å². The van der Waals surface area contributed by atoms with Gasteiger partial charge in [-0.2, -0.15) is 0 Å². The fraction of sp³-hybridized carbons (Fsp3) is 1.00. The quantitative estimate of drug-likeness (QED) is 0.621. The van der Waals surface area contributed by atoms with Crippen molar-refractivity contribution < 1.29 is 0 Å². The number of rotatable bonds is 2. The first-order valence-electron chi connectivity index (χ1n) is 4.44. The summed E-state index contributed by atoms with van der Waals surface area (Å²) in [6, 6.07) is 1.48. The van der Waals surface area contributed by atoms with Crippen LogP contribution in [-0.2, 0) is 0 Å². The molecule has 1 nitrogen and oxygen atoms in total. The van der Waals surface area contributed by atoms with Gasteiger partial charge in [0.2, 0.25) is 0 Å². The van der Waals surface area contributed by atoms with Crippen molar-refractivity contribution in [3.05, 3.63) is 0 Å². The van der Waals surface area contributed by atoms with Gasteiger partial charge in [-0.25, -0.2) is 0 Å². The minimum Gasteiger partial charge on any atom is -0.312 e. The minimum atomic E-state index is 0.662. The lowest BCUT2D eigenvalue weighted by Gasteiger charge is -2.14. The average molecular weight is 141 g/mol. The summed E-state index contributed by atoms with van der Waals surface area (Å²) in [5.74, 6) is 0.955. The Balaban J connectivity index is 2.18. The Morgan fingerprint density at radius 2 is 2.00 bits per heavy atom. The van der Waals surface area contributed by atoms with E-state index in [0.29, 0.717) is 6.04 Å². The first-order valence-corrected chi connectivity index (χ1v) is 4.44. The van der Waals surface area contributed by atoms with Crippen LogP contribution in [0.15, 0.2) is 0 Å². The Labute approximate surface area is 64.2 Å². The van der Waals surface area contributed by atoms with E-state index < -0.39 is 0 Å². The molecule has 1 aliphatic carbocycles. The third-order valence-electron chi connectivity index (χ3n) is 2.26.